The number of carbonyl (C=O) groups excluding carboxylic acids is 1. The number of nitrogens with one attached hydrogen (secondary N) is 1. The van der Waals surface area contributed by atoms with Crippen LogP contribution in [-0.2, 0) is 4.79 Å². The van der Waals surface area contributed by atoms with E-state index in [0.29, 0.717) is 5.13 Å². The van der Waals surface area contributed by atoms with Crippen LogP contribution < -0.4 is 5.32 Å². The molecule has 0 aliphatic rings. The van der Waals surface area contributed by atoms with Crippen molar-refractivity contribution in [3.8, 4) is 11.1 Å². The van der Waals surface area contributed by atoms with Gasteiger partial charge in [-0.05, 0) is 24.6 Å². The Morgan fingerprint density at radius 1 is 1.07 bits per heavy atom. The summed E-state index contributed by atoms with van der Waals surface area (Å²) in [6.07, 6.45) is 1.56. The zero-order chi connectivity index (χ0) is 20.5. The van der Waals surface area contributed by atoms with Gasteiger partial charge in [0, 0.05) is 10.9 Å². The van der Waals surface area contributed by atoms with Crippen LogP contribution in [0, 0.1) is 0 Å². The summed E-state index contributed by atoms with van der Waals surface area (Å²) >= 11 is 4.51. The Hall–Kier alpha value is -2.81. The Morgan fingerprint density at radius 2 is 1.87 bits per heavy atom. The molecular weight excluding hydrogens is 432 g/mol. The summed E-state index contributed by atoms with van der Waals surface area (Å²) in [6, 6.07) is 18.0. The Labute approximate surface area is 185 Å². The number of para-hydroxylation sites is 1. The van der Waals surface area contributed by atoms with Crippen LogP contribution in [0.4, 0.5) is 5.13 Å². The second kappa shape index (κ2) is 8.14. The first-order chi connectivity index (χ1) is 14.7. The van der Waals surface area contributed by atoms with Crippen molar-refractivity contribution in [2.75, 3.05) is 5.32 Å². The van der Waals surface area contributed by atoms with Gasteiger partial charge in [0.25, 0.3) is 0 Å². The minimum atomic E-state index is -0.335. The van der Waals surface area contributed by atoms with Gasteiger partial charge < -0.3 is 5.32 Å². The standard InChI is InChI=1S/C22H16N4OS3/c1-13(19(27)26-22-25-16-9-5-6-10-17(16)30-22)29-21-18-15(14-7-3-2-4-8-14)11-28-20(18)23-12-24-21/h2-13H,1H3,(H,25,26,27). The van der Waals surface area contributed by atoms with Crippen molar-refractivity contribution in [1.29, 1.82) is 0 Å². The van der Waals surface area contributed by atoms with Gasteiger partial charge in [0.1, 0.15) is 16.2 Å². The number of thiophene rings is 1. The van der Waals surface area contributed by atoms with Crippen LogP contribution in [0.2, 0.25) is 0 Å². The van der Waals surface area contributed by atoms with E-state index in [1.807, 2.05) is 49.4 Å². The minimum absolute atomic E-state index is 0.0951. The second-order valence-corrected chi connectivity index (χ2v) is 9.83. The SMILES string of the molecule is CC(Sc1ncnc2scc(-c3ccccc3)c12)C(=O)Nc1nc2ccccc2s1. The Bertz CT molecular complexity index is 1310. The first-order valence-electron chi connectivity index (χ1n) is 9.30. The highest BCUT2D eigenvalue weighted by atomic mass is 32.2. The molecule has 3 heterocycles. The van der Waals surface area contributed by atoms with E-state index in [1.54, 1.807) is 17.7 Å². The third-order valence-electron chi connectivity index (χ3n) is 4.60. The molecule has 3 aromatic heterocycles. The highest BCUT2D eigenvalue weighted by molar-refractivity contribution is 8.00. The monoisotopic (exact) mass is 448 g/mol. The summed E-state index contributed by atoms with van der Waals surface area (Å²) in [6.45, 7) is 1.88. The topological polar surface area (TPSA) is 67.8 Å². The summed E-state index contributed by atoms with van der Waals surface area (Å²) in [4.78, 5) is 27.1. The first kappa shape index (κ1) is 19.2. The van der Waals surface area contributed by atoms with Crippen molar-refractivity contribution in [2.45, 2.75) is 17.2 Å². The fraction of sp³-hybridized carbons (Fsp3) is 0.0909. The summed E-state index contributed by atoms with van der Waals surface area (Å²) in [7, 11) is 0. The number of carbonyl (C=O) groups is 1. The molecule has 0 saturated carbocycles. The van der Waals surface area contributed by atoms with Gasteiger partial charge in [-0.15, -0.1) is 11.3 Å². The Kier molecular flexibility index (Phi) is 5.20. The number of thioether (sulfide) groups is 1. The van der Waals surface area contributed by atoms with Gasteiger partial charge in [-0.2, -0.15) is 0 Å². The molecule has 0 aliphatic carbocycles. The van der Waals surface area contributed by atoms with E-state index in [9.17, 15) is 4.79 Å². The van der Waals surface area contributed by atoms with Crippen LogP contribution in [0.5, 0.6) is 0 Å². The molecule has 148 valence electrons. The number of thiazole rings is 1. The maximum Gasteiger partial charge on any atom is 0.239 e. The van der Waals surface area contributed by atoms with E-state index in [4.69, 9.17) is 0 Å². The average Bonchev–Trinajstić information content (AvgIpc) is 3.38. The van der Waals surface area contributed by atoms with Crippen molar-refractivity contribution in [2.24, 2.45) is 0 Å². The second-order valence-electron chi connectivity index (χ2n) is 6.61. The molecule has 1 N–H and O–H groups in total. The molecule has 1 amide bonds. The van der Waals surface area contributed by atoms with Gasteiger partial charge in [0.2, 0.25) is 5.91 Å². The molecule has 5 rings (SSSR count). The number of hydrogen-bond donors (Lipinski definition) is 1. The largest absolute Gasteiger partial charge is 0.301 e. The summed E-state index contributed by atoms with van der Waals surface area (Å²) < 4.78 is 1.05. The van der Waals surface area contributed by atoms with Crippen molar-refractivity contribution in [3.05, 3.63) is 66.3 Å². The van der Waals surface area contributed by atoms with Crippen LogP contribution in [0.1, 0.15) is 6.92 Å². The quantitative estimate of drug-likeness (QED) is 0.260. The maximum absolute atomic E-state index is 12.8. The minimum Gasteiger partial charge on any atom is -0.301 e. The molecular formula is C22H16N4OS3. The molecule has 5 nitrogen and oxygen atoms in total. The highest BCUT2D eigenvalue weighted by Crippen LogP contribution is 2.39. The molecule has 0 aliphatic heterocycles. The predicted octanol–water partition coefficient (Wildman–Crippen LogP) is 6.09. The lowest BCUT2D eigenvalue weighted by Gasteiger charge is -2.11. The Balaban J connectivity index is 1.40. The van der Waals surface area contributed by atoms with E-state index in [2.05, 4.69) is 37.8 Å². The normalized spacial score (nSPS) is 12.3. The molecule has 0 saturated heterocycles. The average molecular weight is 449 g/mol. The van der Waals surface area contributed by atoms with Crippen LogP contribution in [0.25, 0.3) is 31.6 Å². The zero-order valence-corrected chi connectivity index (χ0v) is 18.4. The fourth-order valence-electron chi connectivity index (χ4n) is 3.12. The van der Waals surface area contributed by atoms with Crippen molar-refractivity contribution < 1.29 is 4.79 Å². The lowest BCUT2D eigenvalue weighted by atomic mass is 10.1. The Morgan fingerprint density at radius 3 is 2.70 bits per heavy atom. The van der Waals surface area contributed by atoms with Gasteiger partial charge in [-0.1, -0.05) is 65.6 Å². The molecule has 1 unspecified atom stereocenters. The van der Waals surface area contributed by atoms with Gasteiger partial charge in [0.15, 0.2) is 5.13 Å². The van der Waals surface area contributed by atoms with Gasteiger partial charge >= 0.3 is 0 Å². The number of aromatic nitrogens is 3. The number of nitrogens with zero attached hydrogens (tertiary/aromatic N) is 3. The van der Waals surface area contributed by atoms with E-state index in [-0.39, 0.29) is 11.2 Å². The van der Waals surface area contributed by atoms with Crippen molar-refractivity contribution in [1.82, 2.24) is 15.0 Å². The van der Waals surface area contributed by atoms with Crippen LogP contribution in [0.15, 0.2) is 71.3 Å². The van der Waals surface area contributed by atoms with E-state index in [0.717, 1.165) is 36.6 Å². The molecule has 2 aromatic carbocycles. The number of fused-ring (bicyclic) bond motifs is 2. The third-order valence-corrected chi connectivity index (χ3v) is 7.54. The van der Waals surface area contributed by atoms with E-state index in [1.165, 1.54) is 23.1 Å². The molecule has 5 aromatic rings. The highest BCUT2D eigenvalue weighted by Gasteiger charge is 2.20. The van der Waals surface area contributed by atoms with Crippen LogP contribution in [0.3, 0.4) is 0 Å². The summed E-state index contributed by atoms with van der Waals surface area (Å²) in [5, 5.41) is 7.14. The first-order valence-corrected chi connectivity index (χ1v) is 11.9. The summed E-state index contributed by atoms with van der Waals surface area (Å²) in [5.74, 6) is -0.0951. The number of benzene rings is 2. The van der Waals surface area contributed by atoms with Gasteiger partial charge in [-0.25, -0.2) is 15.0 Å². The molecule has 0 radical (unpaired) electrons. The molecule has 8 heteroatoms. The lowest BCUT2D eigenvalue weighted by Crippen LogP contribution is -2.22. The summed E-state index contributed by atoms with van der Waals surface area (Å²) in [5.41, 5.74) is 3.10. The molecule has 30 heavy (non-hydrogen) atoms. The molecule has 1 atom stereocenters. The fourth-order valence-corrected chi connectivity index (χ4v) is 5.90. The van der Waals surface area contributed by atoms with Crippen molar-refractivity contribution >= 4 is 65.9 Å². The number of hydrogen-bond acceptors (Lipinski definition) is 7. The van der Waals surface area contributed by atoms with Crippen molar-refractivity contribution in [3.63, 3.8) is 0 Å². The maximum atomic E-state index is 12.8. The smallest absolute Gasteiger partial charge is 0.239 e. The lowest BCUT2D eigenvalue weighted by molar-refractivity contribution is -0.115. The molecule has 0 bridgehead atoms. The molecule has 0 fully saturated rings. The number of anilines is 1. The van der Waals surface area contributed by atoms with Crippen LogP contribution >= 0.6 is 34.4 Å². The van der Waals surface area contributed by atoms with Gasteiger partial charge in [0.05, 0.1) is 20.9 Å². The zero-order valence-electron chi connectivity index (χ0n) is 15.9. The van der Waals surface area contributed by atoms with E-state index < -0.39 is 0 Å². The molecule has 0 spiro atoms. The number of amides is 1. The van der Waals surface area contributed by atoms with Crippen LogP contribution in [-0.4, -0.2) is 26.1 Å². The van der Waals surface area contributed by atoms with E-state index >= 15 is 0 Å². The van der Waals surface area contributed by atoms with Gasteiger partial charge in [-0.3, -0.25) is 4.79 Å². The third kappa shape index (κ3) is 3.69. The predicted molar refractivity (Wildman–Crippen MR) is 126 cm³/mol. The number of rotatable bonds is 5.